The van der Waals surface area contributed by atoms with E-state index in [4.69, 9.17) is 11.6 Å². The summed E-state index contributed by atoms with van der Waals surface area (Å²) in [5.41, 5.74) is 4.67. The maximum Gasteiger partial charge on any atom is 0.271 e. The Morgan fingerprint density at radius 3 is 2.41 bits per heavy atom. The summed E-state index contributed by atoms with van der Waals surface area (Å²) in [4.78, 5) is 36.5. The monoisotopic (exact) mass is 492 g/mol. The molecule has 0 fully saturated rings. The van der Waals surface area contributed by atoms with Crippen molar-refractivity contribution in [3.63, 3.8) is 0 Å². The Labute approximate surface area is 192 Å². The second-order valence-corrected chi connectivity index (χ2v) is 9.57. The maximum absolute atomic E-state index is 12.5. The van der Waals surface area contributed by atoms with Gasteiger partial charge in [-0.05, 0) is 41.8 Å². The van der Waals surface area contributed by atoms with Crippen molar-refractivity contribution >= 4 is 56.4 Å². The molecule has 0 bridgehead atoms. The minimum atomic E-state index is -3.86. The van der Waals surface area contributed by atoms with Crippen LogP contribution < -0.4 is 20.9 Å². The van der Waals surface area contributed by atoms with Gasteiger partial charge in [0.25, 0.3) is 27.7 Å². The number of halogens is 1. The van der Waals surface area contributed by atoms with Gasteiger partial charge in [0.05, 0.1) is 17.8 Å². The van der Waals surface area contributed by atoms with Gasteiger partial charge < -0.3 is 5.32 Å². The zero-order chi connectivity index (χ0) is 23.1. The maximum atomic E-state index is 12.5. The van der Waals surface area contributed by atoms with Crippen LogP contribution in [0.2, 0.25) is 5.02 Å². The van der Waals surface area contributed by atoms with Crippen LogP contribution in [-0.4, -0.2) is 32.7 Å². The lowest BCUT2D eigenvalue weighted by molar-refractivity contribution is -0.120. The van der Waals surface area contributed by atoms with Crippen LogP contribution in [0.5, 0.6) is 0 Å². The number of sulfonamides is 1. The molecule has 0 saturated carbocycles. The quantitative estimate of drug-likeness (QED) is 0.376. The fourth-order valence-corrected chi connectivity index (χ4v) is 4.77. The molecule has 166 valence electrons. The topological polar surface area (TPSA) is 133 Å². The average molecular weight is 493 g/mol. The minimum absolute atomic E-state index is 0.00380. The lowest BCUT2D eigenvalue weighted by atomic mass is 10.2. The SMILES string of the molecule is O=C(CNC(=O)c1cccc(Cl)c1)NNC(=O)c1ccccc1NS(=O)(=O)c1cccs1. The molecule has 2 aromatic carbocycles. The number of rotatable bonds is 7. The van der Waals surface area contributed by atoms with Crippen LogP contribution in [0.4, 0.5) is 5.69 Å². The van der Waals surface area contributed by atoms with Gasteiger partial charge in [-0.1, -0.05) is 35.9 Å². The predicted octanol–water partition coefficient (Wildman–Crippen LogP) is 2.39. The molecule has 0 unspecified atom stereocenters. The van der Waals surface area contributed by atoms with E-state index in [0.717, 1.165) is 11.3 Å². The fourth-order valence-electron chi connectivity index (χ4n) is 2.51. The Morgan fingerprint density at radius 1 is 0.906 bits per heavy atom. The van der Waals surface area contributed by atoms with Crippen molar-refractivity contribution in [2.24, 2.45) is 0 Å². The van der Waals surface area contributed by atoms with Gasteiger partial charge in [0.15, 0.2) is 0 Å². The third-order valence-electron chi connectivity index (χ3n) is 3.99. The van der Waals surface area contributed by atoms with Crippen molar-refractivity contribution in [2.75, 3.05) is 11.3 Å². The largest absolute Gasteiger partial charge is 0.343 e. The molecule has 3 amide bonds. The Kier molecular flexibility index (Phi) is 7.46. The van der Waals surface area contributed by atoms with Crippen molar-refractivity contribution in [1.29, 1.82) is 0 Å². The highest BCUT2D eigenvalue weighted by Gasteiger charge is 2.19. The number of para-hydroxylation sites is 1. The molecule has 9 nitrogen and oxygen atoms in total. The third-order valence-corrected chi connectivity index (χ3v) is 6.99. The van der Waals surface area contributed by atoms with Gasteiger partial charge in [-0.25, -0.2) is 8.42 Å². The number of amides is 3. The van der Waals surface area contributed by atoms with Gasteiger partial charge in [-0.2, -0.15) is 0 Å². The Bertz CT molecular complexity index is 1250. The van der Waals surface area contributed by atoms with E-state index in [-0.39, 0.29) is 21.0 Å². The van der Waals surface area contributed by atoms with E-state index in [0.29, 0.717) is 5.02 Å². The van der Waals surface area contributed by atoms with E-state index >= 15 is 0 Å². The van der Waals surface area contributed by atoms with Crippen molar-refractivity contribution in [1.82, 2.24) is 16.2 Å². The van der Waals surface area contributed by atoms with Crippen molar-refractivity contribution in [2.45, 2.75) is 4.21 Å². The van der Waals surface area contributed by atoms with E-state index in [2.05, 4.69) is 20.9 Å². The van der Waals surface area contributed by atoms with Crippen LogP contribution in [0.1, 0.15) is 20.7 Å². The molecule has 12 heteroatoms. The van der Waals surface area contributed by atoms with Crippen LogP contribution >= 0.6 is 22.9 Å². The van der Waals surface area contributed by atoms with Crippen molar-refractivity contribution in [3.05, 3.63) is 82.2 Å². The predicted molar refractivity (Wildman–Crippen MR) is 121 cm³/mol. The number of hydrogen-bond donors (Lipinski definition) is 4. The number of hydrazine groups is 1. The van der Waals surface area contributed by atoms with E-state index in [1.807, 2.05) is 0 Å². The summed E-state index contributed by atoms with van der Waals surface area (Å²) in [6, 6.07) is 15.2. The molecular weight excluding hydrogens is 476 g/mol. The van der Waals surface area contributed by atoms with Crippen LogP contribution in [0.3, 0.4) is 0 Å². The first-order chi connectivity index (χ1) is 15.3. The summed E-state index contributed by atoms with van der Waals surface area (Å²) in [5, 5.41) is 4.39. The number of thiophene rings is 1. The molecule has 4 N–H and O–H groups in total. The number of carbonyl (C=O) groups is 3. The Hall–Kier alpha value is -3.41. The second-order valence-electron chi connectivity index (χ2n) is 6.28. The minimum Gasteiger partial charge on any atom is -0.343 e. The summed E-state index contributed by atoms with van der Waals surface area (Å²) >= 11 is 6.86. The first-order valence-corrected chi connectivity index (χ1v) is 11.8. The summed E-state index contributed by atoms with van der Waals surface area (Å²) in [6.07, 6.45) is 0. The molecule has 1 heterocycles. The van der Waals surface area contributed by atoms with E-state index in [9.17, 15) is 22.8 Å². The Morgan fingerprint density at radius 2 is 1.69 bits per heavy atom. The standard InChI is InChI=1S/C20H17ClN4O5S2/c21-14-6-3-5-13(11-14)19(27)22-12-17(26)23-24-20(28)15-7-1-2-8-16(15)25-32(29,30)18-9-4-10-31-18/h1-11,25H,12H2,(H,22,27)(H,23,26)(H,24,28). The number of hydrogen-bond acceptors (Lipinski definition) is 6. The van der Waals surface area contributed by atoms with E-state index < -0.39 is 34.3 Å². The first-order valence-electron chi connectivity index (χ1n) is 9.04. The zero-order valence-corrected chi connectivity index (χ0v) is 18.7. The highest BCUT2D eigenvalue weighted by atomic mass is 35.5. The van der Waals surface area contributed by atoms with Gasteiger partial charge in [0.2, 0.25) is 0 Å². The summed E-state index contributed by atoms with van der Waals surface area (Å²) in [6.45, 7) is -0.404. The number of carbonyl (C=O) groups excluding carboxylic acids is 3. The number of nitrogens with one attached hydrogen (secondary N) is 4. The van der Waals surface area contributed by atoms with Crippen LogP contribution in [0.25, 0.3) is 0 Å². The normalized spacial score (nSPS) is 10.8. The first kappa shape index (κ1) is 23.3. The van der Waals surface area contributed by atoms with Gasteiger partial charge in [-0.3, -0.25) is 30.0 Å². The van der Waals surface area contributed by atoms with Gasteiger partial charge in [0.1, 0.15) is 4.21 Å². The lowest BCUT2D eigenvalue weighted by Gasteiger charge is -2.13. The van der Waals surface area contributed by atoms with Gasteiger partial charge in [0, 0.05) is 10.6 Å². The van der Waals surface area contributed by atoms with Crippen LogP contribution in [0, 0.1) is 0 Å². The molecule has 0 aliphatic rings. The second kappa shape index (κ2) is 10.3. The van der Waals surface area contributed by atoms with E-state index in [1.165, 1.54) is 30.3 Å². The smallest absolute Gasteiger partial charge is 0.271 e. The van der Waals surface area contributed by atoms with Crippen LogP contribution in [0.15, 0.2) is 70.3 Å². The molecule has 0 aliphatic heterocycles. The summed E-state index contributed by atoms with van der Waals surface area (Å²) in [7, 11) is -3.86. The number of benzene rings is 2. The lowest BCUT2D eigenvalue weighted by Crippen LogP contribution is -2.46. The molecule has 0 radical (unpaired) electrons. The van der Waals surface area contributed by atoms with Gasteiger partial charge >= 0.3 is 0 Å². The Balaban J connectivity index is 1.57. The number of anilines is 1. The molecular formula is C20H17ClN4O5S2. The molecule has 0 atom stereocenters. The molecule has 0 aliphatic carbocycles. The van der Waals surface area contributed by atoms with Gasteiger partial charge in [-0.15, -0.1) is 11.3 Å². The molecule has 1 aromatic heterocycles. The highest BCUT2D eigenvalue weighted by molar-refractivity contribution is 7.94. The van der Waals surface area contributed by atoms with E-state index in [1.54, 1.807) is 35.7 Å². The highest BCUT2D eigenvalue weighted by Crippen LogP contribution is 2.22. The van der Waals surface area contributed by atoms with Crippen molar-refractivity contribution in [3.8, 4) is 0 Å². The molecule has 3 aromatic rings. The average Bonchev–Trinajstić information content (AvgIpc) is 3.32. The zero-order valence-electron chi connectivity index (χ0n) is 16.3. The molecule has 0 saturated heterocycles. The third kappa shape index (κ3) is 6.06. The van der Waals surface area contributed by atoms with Crippen molar-refractivity contribution < 1.29 is 22.8 Å². The molecule has 3 rings (SSSR count). The molecule has 0 spiro atoms. The summed E-state index contributed by atoms with van der Waals surface area (Å²) < 4.78 is 27.3. The summed E-state index contributed by atoms with van der Waals surface area (Å²) in [5.74, 6) is -1.95. The molecule has 32 heavy (non-hydrogen) atoms. The van der Waals surface area contributed by atoms with Crippen LogP contribution in [-0.2, 0) is 14.8 Å². The fraction of sp³-hybridized carbons (Fsp3) is 0.0500.